The summed E-state index contributed by atoms with van der Waals surface area (Å²) in [6.45, 7) is 7.22. The molecule has 0 atom stereocenters. The lowest BCUT2D eigenvalue weighted by Gasteiger charge is -2.14. The van der Waals surface area contributed by atoms with Crippen molar-refractivity contribution in [3.63, 3.8) is 0 Å². The molecule has 6 heteroatoms. The van der Waals surface area contributed by atoms with E-state index >= 15 is 0 Å². The molecule has 2 aromatic carbocycles. The molecular weight excluding hydrogens is 424 g/mol. The topological polar surface area (TPSA) is 87.9 Å². The minimum atomic E-state index is -0.217. The average Bonchev–Trinajstić information content (AvgIpc) is 2.85. The van der Waals surface area contributed by atoms with E-state index in [0.29, 0.717) is 30.3 Å². The number of ether oxygens (including phenoxy) is 1. The zero-order valence-electron chi connectivity index (χ0n) is 20.4. The van der Waals surface area contributed by atoms with E-state index in [4.69, 9.17) is 4.74 Å². The van der Waals surface area contributed by atoms with Crippen LogP contribution in [0.2, 0.25) is 0 Å². The summed E-state index contributed by atoms with van der Waals surface area (Å²) in [4.78, 5) is 21.1. The van der Waals surface area contributed by atoms with Gasteiger partial charge >= 0.3 is 5.97 Å². The monoisotopic (exact) mass is 456 g/mol. The van der Waals surface area contributed by atoms with Crippen molar-refractivity contribution in [1.29, 1.82) is 5.26 Å². The highest BCUT2D eigenvalue weighted by Crippen LogP contribution is 2.28. The van der Waals surface area contributed by atoms with Gasteiger partial charge in [0.1, 0.15) is 6.61 Å². The van der Waals surface area contributed by atoms with Gasteiger partial charge in [0.25, 0.3) is 0 Å². The van der Waals surface area contributed by atoms with Gasteiger partial charge in [-0.1, -0.05) is 51.1 Å². The van der Waals surface area contributed by atoms with Crippen LogP contribution in [-0.2, 0) is 29.0 Å². The molecule has 34 heavy (non-hydrogen) atoms. The van der Waals surface area contributed by atoms with Crippen molar-refractivity contribution in [1.82, 2.24) is 15.3 Å². The van der Waals surface area contributed by atoms with Gasteiger partial charge in [0.15, 0.2) is 5.82 Å². The Balaban J connectivity index is 1.83. The van der Waals surface area contributed by atoms with Crippen molar-refractivity contribution >= 4 is 5.97 Å². The van der Waals surface area contributed by atoms with Gasteiger partial charge in [-0.3, -0.25) is 4.79 Å². The van der Waals surface area contributed by atoms with Crippen molar-refractivity contribution in [2.75, 3.05) is 13.6 Å². The molecule has 3 aromatic rings. The molecule has 0 aliphatic rings. The van der Waals surface area contributed by atoms with Crippen molar-refractivity contribution in [3.05, 3.63) is 71.0 Å². The summed E-state index contributed by atoms with van der Waals surface area (Å²) in [5.41, 5.74) is 6.58. The molecule has 0 aliphatic heterocycles. The van der Waals surface area contributed by atoms with Crippen LogP contribution in [0.5, 0.6) is 0 Å². The molecule has 176 valence electrons. The molecule has 0 aliphatic carbocycles. The summed E-state index contributed by atoms with van der Waals surface area (Å²) in [6.07, 6.45) is 5.63. The van der Waals surface area contributed by atoms with E-state index in [1.54, 1.807) is 0 Å². The number of hydrogen-bond donors (Lipinski definition) is 1. The maximum Gasteiger partial charge on any atom is 0.307 e. The fourth-order valence-electron chi connectivity index (χ4n) is 3.97. The van der Waals surface area contributed by atoms with Crippen molar-refractivity contribution in [2.24, 2.45) is 5.92 Å². The lowest BCUT2D eigenvalue weighted by atomic mass is 9.95. The molecule has 0 fully saturated rings. The smallest absolute Gasteiger partial charge is 0.307 e. The molecule has 0 amide bonds. The molecule has 3 rings (SSSR count). The first kappa shape index (κ1) is 25.1. The molecule has 6 nitrogen and oxygen atoms in total. The van der Waals surface area contributed by atoms with E-state index in [0.717, 1.165) is 46.2 Å². The fraction of sp³-hybridized carbons (Fsp3) is 0.357. The van der Waals surface area contributed by atoms with Crippen LogP contribution in [0.15, 0.2) is 48.8 Å². The Hall–Kier alpha value is -3.56. The van der Waals surface area contributed by atoms with Crippen molar-refractivity contribution in [3.8, 4) is 28.6 Å². The highest BCUT2D eigenvalue weighted by Gasteiger charge is 2.13. The number of benzene rings is 2. The highest BCUT2D eigenvalue weighted by atomic mass is 16.5. The molecule has 0 spiro atoms. The van der Waals surface area contributed by atoms with Crippen LogP contribution in [0.4, 0.5) is 0 Å². The first-order valence-corrected chi connectivity index (χ1v) is 11.7. The number of nitrogens with zero attached hydrogens (tertiary/aromatic N) is 3. The van der Waals surface area contributed by atoms with E-state index in [1.807, 2.05) is 55.8 Å². The minimum absolute atomic E-state index is 0.217. The first-order chi connectivity index (χ1) is 16.5. The Morgan fingerprint density at radius 2 is 1.88 bits per heavy atom. The predicted molar refractivity (Wildman–Crippen MR) is 134 cm³/mol. The van der Waals surface area contributed by atoms with Crippen LogP contribution < -0.4 is 5.32 Å². The number of aromatic nitrogens is 2. The zero-order valence-corrected chi connectivity index (χ0v) is 20.4. The maximum atomic E-state index is 11.9. The van der Waals surface area contributed by atoms with Gasteiger partial charge in [-0.2, -0.15) is 5.26 Å². The number of nitrogens with one attached hydrogen (secondary N) is 1. The molecule has 1 heterocycles. The summed E-state index contributed by atoms with van der Waals surface area (Å²) in [5.74, 6) is 0.850. The predicted octanol–water partition coefficient (Wildman–Crippen LogP) is 5.10. The maximum absolute atomic E-state index is 11.9. The SMILES string of the molecule is CCc1c(COC(=O)CCNC)cccc1-c1cnc(-c2ccc(CC(C)C)c(C#N)c2)nc1. The second-order valence-corrected chi connectivity index (χ2v) is 8.69. The molecule has 0 saturated carbocycles. The third kappa shape index (κ3) is 6.27. The number of hydrogen-bond acceptors (Lipinski definition) is 6. The van der Waals surface area contributed by atoms with Gasteiger partial charge in [-0.15, -0.1) is 0 Å². The lowest BCUT2D eigenvalue weighted by Crippen LogP contribution is -2.15. The largest absolute Gasteiger partial charge is 0.461 e. The molecule has 0 bridgehead atoms. The van der Waals surface area contributed by atoms with Crippen LogP contribution in [0.1, 0.15) is 49.4 Å². The Kier molecular flexibility index (Phi) is 8.89. The van der Waals surface area contributed by atoms with Gasteiger partial charge in [0.05, 0.1) is 18.1 Å². The number of carbonyl (C=O) groups excluding carboxylic acids is 1. The lowest BCUT2D eigenvalue weighted by molar-refractivity contribution is -0.144. The molecular formula is C28H32N4O2. The standard InChI is InChI=1S/C28H32N4O2/c1-5-25-22(18-34-27(33)11-12-30-4)7-6-8-26(25)24-16-31-28(32-17-24)21-10-9-20(13-19(2)3)23(14-21)15-29/h6-10,14,16-17,19,30H,5,11-13,18H2,1-4H3. The minimum Gasteiger partial charge on any atom is -0.461 e. The zero-order chi connectivity index (χ0) is 24.5. The number of esters is 1. The average molecular weight is 457 g/mol. The quantitative estimate of drug-likeness (QED) is 0.427. The second kappa shape index (κ2) is 12.1. The third-order valence-electron chi connectivity index (χ3n) is 5.67. The highest BCUT2D eigenvalue weighted by molar-refractivity contribution is 5.71. The molecule has 0 radical (unpaired) electrons. The normalized spacial score (nSPS) is 10.8. The van der Waals surface area contributed by atoms with E-state index in [1.165, 1.54) is 0 Å². The third-order valence-corrected chi connectivity index (χ3v) is 5.67. The van der Waals surface area contributed by atoms with Crippen LogP contribution >= 0.6 is 0 Å². The summed E-state index contributed by atoms with van der Waals surface area (Å²) < 4.78 is 5.46. The van der Waals surface area contributed by atoms with Gasteiger partial charge in [-0.05, 0) is 54.1 Å². The first-order valence-electron chi connectivity index (χ1n) is 11.7. The molecule has 1 aromatic heterocycles. The number of rotatable bonds is 10. The molecule has 0 unspecified atom stereocenters. The van der Waals surface area contributed by atoms with E-state index in [9.17, 15) is 10.1 Å². The fourth-order valence-corrected chi connectivity index (χ4v) is 3.97. The van der Waals surface area contributed by atoms with E-state index in [-0.39, 0.29) is 12.6 Å². The van der Waals surface area contributed by atoms with Crippen LogP contribution in [0.25, 0.3) is 22.5 Å². The van der Waals surface area contributed by atoms with Gasteiger partial charge < -0.3 is 10.1 Å². The molecule has 1 N–H and O–H groups in total. The van der Waals surface area contributed by atoms with Gasteiger partial charge in [-0.25, -0.2) is 9.97 Å². The van der Waals surface area contributed by atoms with Gasteiger partial charge in [0.2, 0.25) is 0 Å². The van der Waals surface area contributed by atoms with Crippen molar-refractivity contribution in [2.45, 2.75) is 46.6 Å². The summed E-state index contributed by atoms with van der Waals surface area (Å²) >= 11 is 0. The van der Waals surface area contributed by atoms with Crippen LogP contribution in [0, 0.1) is 17.2 Å². The Morgan fingerprint density at radius 3 is 2.53 bits per heavy atom. The second-order valence-electron chi connectivity index (χ2n) is 8.69. The Morgan fingerprint density at radius 1 is 1.12 bits per heavy atom. The Bertz CT molecular complexity index is 1160. The number of carbonyl (C=O) groups is 1. The van der Waals surface area contributed by atoms with Crippen LogP contribution in [0.3, 0.4) is 0 Å². The summed E-state index contributed by atoms with van der Waals surface area (Å²) in [7, 11) is 1.81. The van der Waals surface area contributed by atoms with Crippen LogP contribution in [-0.4, -0.2) is 29.5 Å². The van der Waals surface area contributed by atoms with E-state index in [2.05, 4.69) is 42.1 Å². The van der Waals surface area contributed by atoms with Crippen molar-refractivity contribution < 1.29 is 9.53 Å². The van der Waals surface area contributed by atoms with Gasteiger partial charge in [0, 0.05) is 30.1 Å². The number of nitriles is 1. The summed E-state index contributed by atoms with van der Waals surface area (Å²) in [5, 5.41) is 12.5. The molecule has 0 saturated heterocycles. The summed E-state index contributed by atoms with van der Waals surface area (Å²) in [6, 6.07) is 14.2. The Labute approximate surface area is 202 Å². The van der Waals surface area contributed by atoms with E-state index < -0.39 is 0 Å².